The van der Waals surface area contributed by atoms with Gasteiger partial charge >= 0.3 is 0 Å². The Morgan fingerprint density at radius 1 is 1.37 bits per heavy atom. The lowest BCUT2D eigenvalue weighted by Gasteiger charge is -2.14. The van der Waals surface area contributed by atoms with Gasteiger partial charge in [-0.2, -0.15) is 0 Å². The number of nitrogens with one attached hydrogen (secondary N) is 1. The molecule has 0 aliphatic carbocycles. The molecule has 19 heavy (non-hydrogen) atoms. The minimum absolute atomic E-state index is 0.837. The van der Waals surface area contributed by atoms with E-state index in [0.29, 0.717) is 0 Å². The van der Waals surface area contributed by atoms with Crippen LogP contribution in [0.2, 0.25) is 0 Å². The van der Waals surface area contributed by atoms with Gasteiger partial charge in [0.25, 0.3) is 0 Å². The van der Waals surface area contributed by atoms with Crippen LogP contribution in [0.5, 0.6) is 0 Å². The molecule has 5 heteroatoms. The van der Waals surface area contributed by atoms with Crippen LogP contribution < -0.4 is 5.32 Å². The van der Waals surface area contributed by atoms with E-state index in [0.717, 1.165) is 34.7 Å². The van der Waals surface area contributed by atoms with Gasteiger partial charge in [0.15, 0.2) is 5.76 Å². The average Bonchev–Trinajstić information content (AvgIpc) is 3.12. The summed E-state index contributed by atoms with van der Waals surface area (Å²) in [5, 5.41) is 9.74. The minimum Gasteiger partial charge on any atom is -0.355 e. The third-order valence-electron chi connectivity index (χ3n) is 4.17. The number of hydrogen-bond donors (Lipinski definition) is 1. The highest BCUT2D eigenvalue weighted by atomic mass is 32.1. The molecule has 2 saturated heterocycles. The van der Waals surface area contributed by atoms with Gasteiger partial charge in [0, 0.05) is 25.7 Å². The Balaban J connectivity index is 1.44. The first-order chi connectivity index (χ1) is 9.38. The van der Waals surface area contributed by atoms with Gasteiger partial charge < -0.3 is 9.84 Å². The Labute approximate surface area is 116 Å². The van der Waals surface area contributed by atoms with Crippen molar-refractivity contribution in [2.45, 2.75) is 6.54 Å². The third kappa shape index (κ3) is 2.22. The molecule has 4 nitrogen and oxygen atoms in total. The molecule has 0 radical (unpaired) electrons. The average molecular weight is 275 g/mol. The third-order valence-corrected chi connectivity index (χ3v) is 5.06. The van der Waals surface area contributed by atoms with E-state index >= 15 is 0 Å². The number of likely N-dealkylation sites (tertiary alicyclic amines) is 1. The quantitative estimate of drug-likeness (QED) is 0.931. The largest absolute Gasteiger partial charge is 0.355 e. The van der Waals surface area contributed by atoms with Gasteiger partial charge in [-0.15, -0.1) is 11.3 Å². The molecule has 2 atom stereocenters. The Kier molecular flexibility index (Phi) is 2.90. The van der Waals surface area contributed by atoms with E-state index in [4.69, 9.17) is 4.52 Å². The van der Waals surface area contributed by atoms with Crippen molar-refractivity contribution in [2.24, 2.45) is 11.8 Å². The van der Waals surface area contributed by atoms with E-state index in [1.807, 2.05) is 6.07 Å². The Morgan fingerprint density at radius 2 is 2.21 bits per heavy atom. The molecule has 4 rings (SSSR count). The number of aromatic nitrogens is 1. The van der Waals surface area contributed by atoms with E-state index in [1.165, 1.54) is 26.2 Å². The summed E-state index contributed by atoms with van der Waals surface area (Å²) in [6.07, 6.45) is 0. The first-order valence-corrected chi connectivity index (χ1v) is 7.69. The van der Waals surface area contributed by atoms with Gasteiger partial charge in [0.05, 0.1) is 10.6 Å². The molecule has 2 fully saturated rings. The zero-order valence-electron chi connectivity index (χ0n) is 10.7. The van der Waals surface area contributed by atoms with Crippen molar-refractivity contribution in [1.29, 1.82) is 0 Å². The van der Waals surface area contributed by atoms with Gasteiger partial charge in [0.2, 0.25) is 0 Å². The van der Waals surface area contributed by atoms with Gasteiger partial charge in [0.1, 0.15) is 0 Å². The standard InChI is InChI=1S/C14H17N3OS/c1-2-14(19-3-1)13-4-12(16-18-13)9-17-7-10-5-15-6-11(10)8-17/h1-4,10-11,15H,5-9H2/t10-,11+. The second-order valence-electron chi connectivity index (χ2n) is 5.53. The van der Waals surface area contributed by atoms with Crippen molar-refractivity contribution in [3.63, 3.8) is 0 Å². The smallest absolute Gasteiger partial charge is 0.177 e. The predicted molar refractivity (Wildman–Crippen MR) is 74.9 cm³/mol. The number of nitrogens with zero attached hydrogens (tertiary/aromatic N) is 2. The highest BCUT2D eigenvalue weighted by molar-refractivity contribution is 7.13. The molecule has 2 aliphatic rings. The van der Waals surface area contributed by atoms with E-state index < -0.39 is 0 Å². The second-order valence-corrected chi connectivity index (χ2v) is 6.48. The van der Waals surface area contributed by atoms with Crippen LogP contribution in [0.15, 0.2) is 28.1 Å². The van der Waals surface area contributed by atoms with Gasteiger partial charge in [-0.1, -0.05) is 11.2 Å². The minimum atomic E-state index is 0.837. The summed E-state index contributed by atoms with van der Waals surface area (Å²) in [4.78, 5) is 3.66. The molecule has 0 unspecified atom stereocenters. The molecule has 2 aliphatic heterocycles. The molecular weight excluding hydrogens is 258 g/mol. The first-order valence-electron chi connectivity index (χ1n) is 6.81. The summed E-state index contributed by atoms with van der Waals surface area (Å²) in [6, 6.07) is 6.19. The fourth-order valence-electron chi connectivity index (χ4n) is 3.23. The lowest BCUT2D eigenvalue weighted by Crippen LogP contribution is -2.25. The topological polar surface area (TPSA) is 41.3 Å². The fourth-order valence-corrected chi connectivity index (χ4v) is 3.91. The molecule has 0 amide bonds. The lowest BCUT2D eigenvalue weighted by atomic mass is 10.0. The Hall–Kier alpha value is -1.17. The number of fused-ring (bicyclic) bond motifs is 1. The highest BCUT2D eigenvalue weighted by Gasteiger charge is 2.36. The number of thiophene rings is 1. The van der Waals surface area contributed by atoms with Crippen LogP contribution in [0.4, 0.5) is 0 Å². The van der Waals surface area contributed by atoms with Crippen LogP contribution in [-0.2, 0) is 6.54 Å². The first kappa shape index (κ1) is 11.6. The van der Waals surface area contributed by atoms with E-state index in [1.54, 1.807) is 11.3 Å². The van der Waals surface area contributed by atoms with Crippen molar-refractivity contribution in [1.82, 2.24) is 15.4 Å². The van der Waals surface area contributed by atoms with E-state index in [9.17, 15) is 0 Å². The maximum Gasteiger partial charge on any atom is 0.177 e. The van der Waals surface area contributed by atoms with Crippen LogP contribution >= 0.6 is 11.3 Å². The van der Waals surface area contributed by atoms with Gasteiger partial charge in [-0.3, -0.25) is 4.90 Å². The highest BCUT2D eigenvalue weighted by Crippen LogP contribution is 2.29. The number of hydrogen-bond acceptors (Lipinski definition) is 5. The Morgan fingerprint density at radius 3 is 2.95 bits per heavy atom. The molecule has 0 aromatic carbocycles. The van der Waals surface area contributed by atoms with Gasteiger partial charge in [-0.25, -0.2) is 0 Å². The predicted octanol–water partition coefficient (Wildman–Crippen LogP) is 2.05. The molecule has 2 aromatic rings. The molecule has 0 spiro atoms. The van der Waals surface area contributed by atoms with Crippen LogP contribution in [-0.4, -0.2) is 36.2 Å². The van der Waals surface area contributed by atoms with Crippen molar-refractivity contribution < 1.29 is 4.52 Å². The monoisotopic (exact) mass is 275 g/mol. The molecule has 2 aromatic heterocycles. The fraction of sp³-hybridized carbons (Fsp3) is 0.500. The van der Waals surface area contributed by atoms with Crippen LogP contribution in [0.3, 0.4) is 0 Å². The maximum absolute atomic E-state index is 5.43. The molecular formula is C14H17N3OS. The summed E-state index contributed by atoms with van der Waals surface area (Å²) < 4.78 is 5.43. The maximum atomic E-state index is 5.43. The van der Waals surface area contributed by atoms with Crippen LogP contribution in [0.25, 0.3) is 10.6 Å². The second kappa shape index (κ2) is 4.74. The normalized spacial score (nSPS) is 26.9. The Bertz CT molecular complexity index is 539. The summed E-state index contributed by atoms with van der Waals surface area (Å²) in [5.74, 6) is 2.57. The molecule has 1 N–H and O–H groups in total. The molecule has 0 saturated carbocycles. The molecule has 4 heterocycles. The van der Waals surface area contributed by atoms with Crippen molar-refractivity contribution in [3.8, 4) is 10.6 Å². The van der Waals surface area contributed by atoms with Crippen molar-refractivity contribution in [3.05, 3.63) is 29.3 Å². The van der Waals surface area contributed by atoms with E-state index in [-0.39, 0.29) is 0 Å². The number of rotatable bonds is 3. The summed E-state index contributed by atoms with van der Waals surface area (Å²) >= 11 is 1.69. The van der Waals surface area contributed by atoms with Crippen LogP contribution in [0, 0.1) is 11.8 Å². The van der Waals surface area contributed by atoms with E-state index in [2.05, 4.69) is 32.9 Å². The van der Waals surface area contributed by atoms with Crippen molar-refractivity contribution in [2.75, 3.05) is 26.2 Å². The van der Waals surface area contributed by atoms with Crippen molar-refractivity contribution >= 4 is 11.3 Å². The molecule has 0 bridgehead atoms. The zero-order valence-corrected chi connectivity index (χ0v) is 11.5. The van der Waals surface area contributed by atoms with Crippen LogP contribution in [0.1, 0.15) is 5.69 Å². The zero-order chi connectivity index (χ0) is 12.7. The summed E-state index contributed by atoms with van der Waals surface area (Å²) in [5.41, 5.74) is 1.05. The summed E-state index contributed by atoms with van der Waals surface area (Å²) in [7, 11) is 0. The molecule has 100 valence electrons. The van der Waals surface area contributed by atoms with Gasteiger partial charge in [-0.05, 0) is 36.4 Å². The lowest BCUT2D eigenvalue weighted by molar-refractivity contribution is 0.293. The SMILES string of the molecule is c1csc(-c2cc(CN3C[C@H]4CNC[C@H]4C3)no2)c1. The summed E-state index contributed by atoms with van der Waals surface area (Å²) in [6.45, 7) is 5.67.